The van der Waals surface area contributed by atoms with Crippen LogP contribution in [-0.2, 0) is 9.53 Å². The van der Waals surface area contributed by atoms with Crippen LogP contribution in [0.3, 0.4) is 0 Å². The van der Waals surface area contributed by atoms with Gasteiger partial charge in [-0.15, -0.1) is 0 Å². The molecule has 1 rings (SSSR count). The number of ether oxygens (including phenoxy) is 1. The van der Waals surface area contributed by atoms with Crippen LogP contribution in [0.1, 0.15) is 19.8 Å². The Hall–Kier alpha value is 1.87. The van der Waals surface area contributed by atoms with Gasteiger partial charge in [-0.25, -0.2) is 0 Å². The van der Waals surface area contributed by atoms with E-state index in [1.54, 1.807) is 0 Å². The van der Waals surface area contributed by atoms with E-state index in [4.69, 9.17) is 4.74 Å². The molecule has 0 N–H and O–H groups in total. The third-order valence-electron chi connectivity index (χ3n) is 2.93. The van der Waals surface area contributed by atoms with E-state index in [9.17, 15) is 4.79 Å². The number of carbonyl (C=O) groups is 1. The third-order valence-corrected chi connectivity index (χ3v) is 11.7. The second-order valence-corrected chi connectivity index (χ2v) is 9.61. The lowest BCUT2D eigenvalue weighted by Crippen LogP contribution is -2.51. The highest BCUT2D eigenvalue weighted by Gasteiger charge is 2.46. The van der Waals surface area contributed by atoms with Gasteiger partial charge in [-0.05, 0) is 6.42 Å². The molecule has 7 heteroatoms. The van der Waals surface area contributed by atoms with E-state index in [0.29, 0.717) is 17.9 Å². The minimum Gasteiger partial charge on any atom is -0.465 e. The van der Waals surface area contributed by atoms with Gasteiger partial charge in [0.25, 0.3) is 0 Å². The molecule has 1 saturated carbocycles. The topological polar surface area (TPSA) is 26.3 Å². The highest BCUT2D eigenvalue weighted by molar-refractivity contribution is 9.15. The summed E-state index contributed by atoms with van der Waals surface area (Å²) in [6.07, 6.45) is 1.31. The first-order valence-corrected chi connectivity index (χ1v) is 10.3. The standard InChI is InChI=1S/C11H15Br5O2/c1-2-3-6(17)18-4-5-7(12)9(14)11(16)10(15)8(5)13/h5,7-11H,2-4H2,1H3. The first-order chi connectivity index (χ1) is 8.40. The SMILES string of the molecule is CCCC(=O)OCC1C(Br)C(Br)C(Br)C(Br)C1Br. The fourth-order valence-electron chi connectivity index (χ4n) is 1.82. The Bertz CT molecular complexity index is 273. The quantitative estimate of drug-likeness (QED) is 0.355. The van der Waals surface area contributed by atoms with Gasteiger partial charge in [0.2, 0.25) is 0 Å². The first kappa shape index (κ1) is 17.9. The number of esters is 1. The lowest BCUT2D eigenvalue weighted by Gasteiger charge is -2.41. The zero-order valence-corrected chi connectivity index (χ0v) is 17.7. The normalized spacial score (nSPS) is 40.6. The Morgan fingerprint density at radius 3 is 1.83 bits per heavy atom. The lowest BCUT2D eigenvalue weighted by molar-refractivity contribution is -0.145. The maximum atomic E-state index is 11.4. The summed E-state index contributed by atoms with van der Waals surface area (Å²) in [4.78, 5) is 12.8. The molecule has 0 heterocycles. The number of halogens is 5. The Balaban J connectivity index is 2.60. The van der Waals surface area contributed by atoms with Crippen molar-refractivity contribution in [2.45, 2.75) is 43.9 Å². The molecule has 1 aliphatic carbocycles. The van der Waals surface area contributed by atoms with Crippen molar-refractivity contribution in [3.8, 4) is 0 Å². The maximum Gasteiger partial charge on any atom is 0.305 e. The van der Waals surface area contributed by atoms with E-state index in [-0.39, 0.29) is 31.2 Å². The molecule has 1 aliphatic rings. The zero-order valence-electron chi connectivity index (χ0n) is 9.79. The number of carbonyl (C=O) groups excluding carboxylic acids is 1. The summed E-state index contributed by atoms with van der Waals surface area (Å²) in [5.74, 6) is 0.114. The summed E-state index contributed by atoms with van der Waals surface area (Å²) in [5, 5.41) is 0. The molecule has 4 unspecified atom stereocenters. The molecule has 0 aliphatic heterocycles. The van der Waals surface area contributed by atoms with Crippen LogP contribution in [0.4, 0.5) is 0 Å². The van der Waals surface area contributed by atoms with Crippen molar-refractivity contribution >= 4 is 85.6 Å². The summed E-state index contributed by atoms with van der Waals surface area (Å²) in [7, 11) is 0. The Morgan fingerprint density at radius 1 is 0.944 bits per heavy atom. The summed E-state index contributed by atoms with van der Waals surface area (Å²) < 4.78 is 5.34. The largest absolute Gasteiger partial charge is 0.465 e. The maximum absolute atomic E-state index is 11.4. The molecule has 0 aromatic carbocycles. The molecule has 4 atom stereocenters. The van der Waals surface area contributed by atoms with E-state index >= 15 is 0 Å². The van der Waals surface area contributed by atoms with Crippen molar-refractivity contribution in [1.82, 2.24) is 0 Å². The minimum atomic E-state index is -0.116. The molecule has 106 valence electrons. The van der Waals surface area contributed by atoms with Gasteiger partial charge in [-0.1, -0.05) is 86.6 Å². The third kappa shape index (κ3) is 4.43. The molecule has 0 radical (unpaired) electrons. The summed E-state index contributed by atoms with van der Waals surface area (Å²) >= 11 is 18.4. The van der Waals surface area contributed by atoms with Crippen LogP contribution in [0.25, 0.3) is 0 Å². The number of hydrogen-bond donors (Lipinski definition) is 0. The number of rotatable bonds is 4. The molecular formula is C11H15Br5O2. The van der Waals surface area contributed by atoms with Crippen molar-refractivity contribution in [2.75, 3.05) is 6.61 Å². The van der Waals surface area contributed by atoms with Gasteiger partial charge in [-0.2, -0.15) is 0 Å². The van der Waals surface area contributed by atoms with Gasteiger partial charge in [0.1, 0.15) is 0 Å². The van der Waals surface area contributed by atoms with Gasteiger partial charge in [0, 0.05) is 36.5 Å². The fraction of sp³-hybridized carbons (Fsp3) is 0.909. The van der Waals surface area contributed by atoms with Crippen molar-refractivity contribution in [2.24, 2.45) is 5.92 Å². The van der Waals surface area contributed by atoms with Crippen LogP contribution in [-0.4, -0.2) is 36.7 Å². The van der Waals surface area contributed by atoms with Gasteiger partial charge >= 0.3 is 5.97 Å². The summed E-state index contributed by atoms with van der Waals surface area (Å²) in [6.45, 7) is 2.41. The number of alkyl halides is 5. The average molecular weight is 579 g/mol. The Morgan fingerprint density at radius 2 is 1.39 bits per heavy atom. The average Bonchev–Trinajstić information content (AvgIpc) is 2.34. The van der Waals surface area contributed by atoms with E-state index in [1.165, 1.54) is 0 Å². The summed E-state index contributed by atoms with van der Waals surface area (Å²) in [5.41, 5.74) is 0. The van der Waals surface area contributed by atoms with Crippen LogP contribution >= 0.6 is 79.6 Å². The summed E-state index contributed by atoms with van der Waals surface area (Å²) in [6, 6.07) is 0. The van der Waals surface area contributed by atoms with E-state index in [2.05, 4.69) is 79.6 Å². The van der Waals surface area contributed by atoms with Crippen molar-refractivity contribution in [1.29, 1.82) is 0 Å². The van der Waals surface area contributed by atoms with Crippen molar-refractivity contribution in [3.63, 3.8) is 0 Å². The minimum absolute atomic E-state index is 0.116. The van der Waals surface area contributed by atoms with E-state index in [1.807, 2.05) is 6.92 Å². The molecule has 0 amide bonds. The molecule has 0 aromatic heterocycles. The second kappa shape index (κ2) is 8.35. The van der Waals surface area contributed by atoms with Crippen LogP contribution in [0.5, 0.6) is 0 Å². The monoisotopic (exact) mass is 574 g/mol. The van der Waals surface area contributed by atoms with Gasteiger partial charge in [0.15, 0.2) is 0 Å². The molecule has 0 bridgehead atoms. The van der Waals surface area contributed by atoms with Crippen LogP contribution in [0, 0.1) is 5.92 Å². The fourth-order valence-corrected chi connectivity index (χ4v) is 7.18. The smallest absolute Gasteiger partial charge is 0.305 e. The Kier molecular flexibility index (Phi) is 8.31. The van der Waals surface area contributed by atoms with Crippen LogP contribution < -0.4 is 0 Å². The van der Waals surface area contributed by atoms with E-state index in [0.717, 1.165) is 6.42 Å². The molecule has 0 aromatic rings. The van der Waals surface area contributed by atoms with Gasteiger partial charge in [-0.3, -0.25) is 4.79 Å². The molecule has 0 spiro atoms. The van der Waals surface area contributed by atoms with Gasteiger partial charge < -0.3 is 4.74 Å². The number of hydrogen-bond acceptors (Lipinski definition) is 2. The molecular weight excluding hydrogens is 564 g/mol. The molecule has 18 heavy (non-hydrogen) atoms. The predicted molar refractivity (Wildman–Crippen MR) is 92.9 cm³/mol. The van der Waals surface area contributed by atoms with Gasteiger partial charge in [0.05, 0.1) is 6.61 Å². The Labute approximate surface area is 150 Å². The zero-order chi connectivity index (χ0) is 13.9. The highest BCUT2D eigenvalue weighted by Crippen LogP contribution is 2.44. The first-order valence-electron chi connectivity index (χ1n) is 5.76. The lowest BCUT2D eigenvalue weighted by atomic mass is 9.89. The molecule has 0 saturated heterocycles. The molecule has 1 fully saturated rings. The second-order valence-electron chi connectivity index (χ2n) is 4.32. The predicted octanol–water partition coefficient (Wildman–Crippen LogP) is 4.78. The van der Waals surface area contributed by atoms with Crippen molar-refractivity contribution in [3.05, 3.63) is 0 Å². The van der Waals surface area contributed by atoms with Crippen LogP contribution in [0.15, 0.2) is 0 Å². The molecule has 2 nitrogen and oxygen atoms in total. The highest BCUT2D eigenvalue weighted by atomic mass is 79.9. The van der Waals surface area contributed by atoms with Crippen molar-refractivity contribution < 1.29 is 9.53 Å². The van der Waals surface area contributed by atoms with Crippen LogP contribution in [0.2, 0.25) is 0 Å². The van der Waals surface area contributed by atoms with E-state index < -0.39 is 0 Å².